The van der Waals surface area contributed by atoms with Gasteiger partial charge in [-0.15, -0.1) is 0 Å². The van der Waals surface area contributed by atoms with Crippen LogP contribution in [0, 0.1) is 22.9 Å². The third kappa shape index (κ3) is 6.29. The molecule has 1 aliphatic heterocycles. The Morgan fingerprint density at radius 1 is 1.19 bits per heavy atom. The monoisotopic (exact) mass is 537 g/mol. The fourth-order valence-electron chi connectivity index (χ4n) is 4.99. The second kappa shape index (κ2) is 11.9. The van der Waals surface area contributed by atoms with Crippen LogP contribution in [-0.4, -0.2) is 60.0 Å². The van der Waals surface area contributed by atoms with Crippen molar-refractivity contribution in [3.05, 3.63) is 64.6 Å². The summed E-state index contributed by atoms with van der Waals surface area (Å²) < 4.78 is 45.9. The second-order valence-electron chi connectivity index (χ2n) is 9.63. The van der Waals surface area contributed by atoms with Crippen molar-refractivity contribution in [3.63, 3.8) is 0 Å². The van der Waals surface area contributed by atoms with E-state index in [9.17, 15) is 23.4 Å². The third-order valence-corrected chi connectivity index (χ3v) is 7.64. The molecule has 0 saturated carbocycles. The number of aromatic nitrogens is 1. The number of rotatable bonds is 10. The maximum atomic E-state index is 13.8. The molecular weight excluding hydrogens is 507 g/mol. The Labute approximate surface area is 219 Å². The van der Waals surface area contributed by atoms with Gasteiger partial charge in [-0.2, -0.15) is 0 Å². The number of likely N-dealkylation sites (tertiary alicyclic amines) is 1. The summed E-state index contributed by atoms with van der Waals surface area (Å²) in [6.45, 7) is 2.28. The first-order chi connectivity index (χ1) is 17.7. The average molecular weight is 538 g/mol. The van der Waals surface area contributed by atoms with E-state index in [2.05, 4.69) is 15.2 Å². The van der Waals surface area contributed by atoms with Crippen LogP contribution >= 0.6 is 11.6 Å². The number of ether oxygens (including phenoxy) is 1. The molecule has 1 atom stereocenters. The fraction of sp³-hybridized carbons (Fsp3) is 0.444. The highest BCUT2D eigenvalue weighted by molar-refractivity contribution is 6.32. The molecule has 1 saturated heterocycles. The van der Waals surface area contributed by atoms with E-state index in [-0.39, 0.29) is 17.7 Å². The van der Waals surface area contributed by atoms with E-state index in [1.165, 1.54) is 6.20 Å². The number of aliphatic hydroxyl groups is 2. The van der Waals surface area contributed by atoms with Gasteiger partial charge in [0.05, 0.1) is 29.4 Å². The van der Waals surface area contributed by atoms with Crippen LogP contribution in [0.15, 0.2) is 36.5 Å². The van der Waals surface area contributed by atoms with Crippen LogP contribution in [0.25, 0.3) is 10.9 Å². The molecule has 200 valence electrons. The van der Waals surface area contributed by atoms with Crippen LogP contribution in [0.2, 0.25) is 5.02 Å². The molecule has 1 aliphatic rings. The van der Waals surface area contributed by atoms with Gasteiger partial charge in [0.1, 0.15) is 11.6 Å². The van der Waals surface area contributed by atoms with Crippen LogP contribution < -0.4 is 10.1 Å². The van der Waals surface area contributed by atoms with E-state index in [1.54, 1.807) is 13.2 Å². The zero-order valence-corrected chi connectivity index (χ0v) is 21.4. The summed E-state index contributed by atoms with van der Waals surface area (Å²) in [6, 6.07) is 6.88. The first-order valence-electron chi connectivity index (χ1n) is 12.3. The molecule has 0 amide bonds. The first-order valence-corrected chi connectivity index (χ1v) is 12.6. The molecule has 37 heavy (non-hydrogen) atoms. The fourth-order valence-corrected chi connectivity index (χ4v) is 5.27. The number of hydrogen-bond acceptors (Lipinski definition) is 6. The first kappa shape index (κ1) is 27.4. The normalized spacial score (nSPS) is 16.6. The van der Waals surface area contributed by atoms with Gasteiger partial charge in [0.25, 0.3) is 0 Å². The molecular formula is C27H31ClF3N3O3. The van der Waals surface area contributed by atoms with Gasteiger partial charge in [0, 0.05) is 49.0 Å². The number of halogens is 4. The number of hydrogen-bond donors (Lipinski definition) is 3. The van der Waals surface area contributed by atoms with E-state index >= 15 is 0 Å². The molecule has 0 aliphatic carbocycles. The highest BCUT2D eigenvalue weighted by Gasteiger charge is 2.34. The Morgan fingerprint density at radius 3 is 2.65 bits per heavy atom. The smallest absolute Gasteiger partial charge is 0.182 e. The number of pyridine rings is 1. The lowest BCUT2D eigenvalue weighted by Crippen LogP contribution is -2.43. The highest BCUT2D eigenvalue weighted by Crippen LogP contribution is 2.40. The lowest BCUT2D eigenvalue weighted by atomic mass is 9.74. The van der Waals surface area contributed by atoms with Crippen molar-refractivity contribution in [2.75, 3.05) is 45.2 Å². The van der Waals surface area contributed by atoms with Gasteiger partial charge in [0.2, 0.25) is 0 Å². The molecule has 0 radical (unpaired) electrons. The van der Waals surface area contributed by atoms with Crippen molar-refractivity contribution in [1.82, 2.24) is 9.88 Å². The maximum absolute atomic E-state index is 13.8. The number of nitrogens with one attached hydrogen (secondary N) is 1. The van der Waals surface area contributed by atoms with Gasteiger partial charge in [-0.1, -0.05) is 11.6 Å². The molecule has 2 heterocycles. The molecule has 3 N–H and O–H groups in total. The minimum atomic E-state index is -1.23. The minimum Gasteiger partial charge on any atom is -0.497 e. The molecule has 0 bridgehead atoms. The predicted octanol–water partition coefficient (Wildman–Crippen LogP) is 5.31. The van der Waals surface area contributed by atoms with Gasteiger partial charge >= 0.3 is 0 Å². The topological polar surface area (TPSA) is 77.8 Å². The molecule has 1 fully saturated rings. The minimum absolute atomic E-state index is 0.00175. The van der Waals surface area contributed by atoms with Crippen LogP contribution in [0.4, 0.5) is 18.9 Å². The van der Waals surface area contributed by atoms with Crippen molar-refractivity contribution < 1.29 is 28.1 Å². The van der Waals surface area contributed by atoms with Crippen molar-refractivity contribution in [2.45, 2.75) is 31.8 Å². The lowest BCUT2D eigenvalue weighted by molar-refractivity contribution is 0.0248. The van der Waals surface area contributed by atoms with Crippen LogP contribution in [0.5, 0.6) is 5.75 Å². The second-order valence-corrected chi connectivity index (χ2v) is 10.0. The summed E-state index contributed by atoms with van der Waals surface area (Å²) in [5, 5.41) is 25.2. The molecule has 6 nitrogen and oxygen atoms in total. The summed E-state index contributed by atoms with van der Waals surface area (Å²) in [6.07, 6.45) is 3.16. The SMILES string of the molecule is COc1ccc2ncc(Cl)c([C@@H](O)CCC3(CO)CCN(CCNc4cc(F)cc(F)c4F)CC3)c2c1. The van der Waals surface area contributed by atoms with Gasteiger partial charge < -0.3 is 25.2 Å². The number of methoxy groups -OCH3 is 1. The number of aliphatic hydroxyl groups excluding tert-OH is 2. The van der Waals surface area contributed by atoms with E-state index < -0.39 is 23.6 Å². The molecule has 1 aromatic heterocycles. The van der Waals surface area contributed by atoms with Crippen molar-refractivity contribution in [3.8, 4) is 5.75 Å². The van der Waals surface area contributed by atoms with Crippen LogP contribution in [0.1, 0.15) is 37.4 Å². The van der Waals surface area contributed by atoms with E-state index in [0.29, 0.717) is 66.9 Å². The lowest BCUT2D eigenvalue weighted by Gasteiger charge is -2.41. The van der Waals surface area contributed by atoms with Gasteiger partial charge in [0.15, 0.2) is 11.6 Å². The van der Waals surface area contributed by atoms with Crippen LogP contribution in [-0.2, 0) is 0 Å². The van der Waals surface area contributed by atoms with E-state index in [0.717, 1.165) is 24.3 Å². The zero-order chi connectivity index (χ0) is 26.6. The molecule has 0 unspecified atom stereocenters. The molecule has 0 spiro atoms. The average Bonchev–Trinajstić information content (AvgIpc) is 2.90. The van der Waals surface area contributed by atoms with Gasteiger partial charge in [-0.3, -0.25) is 4.98 Å². The Balaban J connectivity index is 1.33. The molecule has 10 heteroatoms. The van der Waals surface area contributed by atoms with Crippen molar-refractivity contribution in [1.29, 1.82) is 0 Å². The largest absolute Gasteiger partial charge is 0.497 e. The van der Waals surface area contributed by atoms with Gasteiger partial charge in [-0.05, 0) is 62.4 Å². The van der Waals surface area contributed by atoms with E-state index in [1.807, 2.05) is 12.1 Å². The summed E-state index contributed by atoms with van der Waals surface area (Å²) in [5.41, 5.74) is 0.769. The summed E-state index contributed by atoms with van der Waals surface area (Å²) in [5.74, 6) is -2.52. The number of piperidine rings is 1. The Kier molecular flexibility index (Phi) is 8.79. The van der Waals surface area contributed by atoms with E-state index in [4.69, 9.17) is 16.3 Å². The standard InChI is InChI=1S/C27H31ClF3N3O3/c1-37-18-2-3-22-19(14-18)25(20(28)15-33-22)24(36)4-5-27(16-35)6-9-34(10-7-27)11-8-32-23-13-17(29)12-21(30)26(23)31/h2-3,12-15,24,32,35-36H,4-11,16H2,1H3/t24-/m0/s1. The molecule has 3 aromatic rings. The zero-order valence-electron chi connectivity index (χ0n) is 20.6. The predicted molar refractivity (Wildman–Crippen MR) is 137 cm³/mol. The third-order valence-electron chi connectivity index (χ3n) is 7.34. The Morgan fingerprint density at radius 2 is 1.95 bits per heavy atom. The summed E-state index contributed by atoms with van der Waals surface area (Å²) in [7, 11) is 1.57. The van der Waals surface area contributed by atoms with Crippen molar-refractivity contribution in [2.24, 2.45) is 5.41 Å². The quantitative estimate of drug-likeness (QED) is 0.304. The Bertz CT molecular complexity index is 1240. The number of fused-ring (bicyclic) bond motifs is 1. The molecule has 2 aromatic carbocycles. The molecule has 4 rings (SSSR count). The number of benzene rings is 2. The Hall–Kier alpha value is -2.59. The van der Waals surface area contributed by atoms with Crippen LogP contribution in [0.3, 0.4) is 0 Å². The number of anilines is 1. The summed E-state index contributed by atoms with van der Waals surface area (Å²) >= 11 is 6.43. The maximum Gasteiger partial charge on any atom is 0.182 e. The number of nitrogens with zero attached hydrogens (tertiary/aromatic N) is 2. The highest BCUT2D eigenvalue weighted by atomic mass is 35.5. The van der Waals surface area contributed by atoms with Gasteiger partial charge in [-0.25, -0.2) is 13.2 Å². The van der Waals surface area contributed by atoms with Crippen molar-refractivity contribution >= 4 is 28.2 Å². The summed E-state index contributed by atoms with van der Waals surface area (Å²) in [4.78, 5) is 6.49.